The molecule has 18 heavy (non-hydrogen) atoms. The highest BCUT2D eigenvalue weighted by molar-refractivity contribution is 6.31. The van der Waals surface area contributed by atoms with Gasteiger partial charge in [-0.05, 0) is 6.92 Å². The van der Waals surface area contributed by atoms with Gasteiger partial charge in [-0.25, -0.2) is 8.78 Å². The van der Waals surface area contributed by atoms with Gasteiger partial charge in [-0.2, -0.15) is 0 Å². The molecule has 0 aliphatic carbocycles. The minimum Gasteiger partial charge on any atom is -0.494 e. The molecular formula is C11H12ClF2NO3. The fourth-order valence-electron chi connectivity index (χ4n) is 1.43. The first-order valence-corrected chi connectivity index (χ1v) is 5.54. The number of pyridine rings is 1. The molecule has 4 nitrogen and oxygen atoms in total. The molecule has 0 spiro atoms. The number of nitrogens with zero attached hydrogens (tertiary/aromatic N) is 1. The van der Waals surface area contributed by atoms with E-state index in [9.17, 15) is 13.6 Å². The predicted octanol–water partition coefficient (Wildman–Crippen LogP) is 2.79. The van der Waals surface area contributed by atoms with Crippen molar-refractivity contribution in [1.29, 1.82) is 0 Å². The number of carbonyl (C=O) groups is 1. The zero-order chi connectivity index (χ0) is 13.7. The molecule has 0 radical (unpaired) electrons. The number of aromatic nitrogens is 1. The van der Waals surface area contributed by atoms with Gasteiger partial charge in [0, 0.05) is 6.20 Å². The number of hydrogen-bond donors (Lipinski definition) is 0. The molecule has 1 rings (SSSR count). The van der Waals surface area contributed by atoms with Crippen LogP contribution in [0.3, 0.4) is 0 Å². The lowest BCUT2D eigenvalue weighted by molar-refractivity contribution is -0.142. The monoisotopic (exact) mass is 279 g/mol. The van der Waals surface area contributed by atoms with Crippen molar-refractivity contribution in [1.82, 2.24) is 4.98 Å². The number of hydrogen-bond acceptors (Lipinski definition) is 4. The summed E-state index contributed by atoms with van der Waals surface area (Å²) in [6.45, 7) is 1.85. The summed E-state index contributed by atoms with van der Waals surface area (Å²) in [5.41, 5.74) is -0.385. The Morgan fingerprint density at radius 2 is 2.22 bits per heavy atom. The van der Waals surface area contributed by atoms with Gasteiger partial charge in [0.25, 0.3) is 6.43 Å². The van der Waals surface area contributed by atoms with E-state index >= 15 is 0 Å². The standard InChI is InChI=1S/C11H12ClF2NO3/c1-3-18-8(16)4-7-10(17-2)9(11(13)14)6(12)5-15-7/h5,11H,3-4H2,1-2H3. The average molecular weight is 280 g/mol. The van der Waals surface area contributed by atoms with Crippen molar-refractivity contribution >= 4 is 17.6 Å². The maximum absolute atomic E-state index is 12.8. The van der Waals surface area contributed by atoms with Crippen LogP contribution >= 0.6 is 11.6 Å². The molecule has 0 amide bonds. The summed E-state index contributed by atoms with van der Waals surface area (Å²) in [5.74, 6) is -0.739. The van der Waals surface area contributed by atoms with Gasteiger partial charge in [0.1, 0.15) is 0 Å². The van der Waals surface area contributed by atoms with Crippen molar-refractivity contribution in [3.05, 3.63) is 22.5 Å². The first-order valence-electron chi connectivity index (χ1n) is 5.16. The van der Waals surface area contributed by atoms with Crippen molar-refractivity contribution in [3.8, 4) is 5.75 Å². The van der Waals surface area contributed by atoms with Gasteiger partial charge in [0.15, 0.2) is 5.75 Å². The van der Waals surface area contributed by atoms with Crippen molar-refractivity contribution < 1.29 is 23.0 Å². The predicted molar refractivity (Wildman–Crippen MR) is 61.1 cm³/mol. The van der Waals surface area contributed by atoms with Crippen LogP contribution in [0.25, 0.3) is 0 Å². The molecule has 0 aliphatic heterocycles. The first kappa shape index (κ1) is 14.6. The molecule has 0 N–H and O–H groups in total. The van der Waals surface area contributed by atoms with Crippen LogP contribution in [0.2, 0.25) is 5.02 Å². The number of methoxy groups -OCH3 is 1. The lowest BCUT2D eigenvalue weighted by Crippen LogP contribution is -2.11. The van der Waals surface area contributed by atoms with Gasteiger partial charge in [0.05, 0.1) is 36.4 Å². The van der Waals surface area contributed by atoms with Crippen LogP contribution in [-0.4, -0.2) is 24.7 Å². The zero-order valence-electron chi connectivity index (χ0n) is 9.87. The molecule has 7 heteroatoms. The second kappa shape index (κ2) is 6.49. The number of alkyl halides is 2. The third-order valence-corrected chi connectivity index (χ3v) is 2.44. The number of halogens is 3. The van der Waals surface area contributed by atoms with Crippen LogP contribution in [0.5, 0.6) is 5.75 Å². The van der Waals surface area contributed by atoms with Crippen LogP contribution in [0.4, 0.5) is 8.78 Å². The Balaban J connectivity index is 3.13. The topological polar surface area (TPSA) is 48.4 Å². The summed E-state index contributed by atoms with van der Waals surface area (Å²) in [6, 6.07) is 0. The van der Waals surface area contributed by atoms with Gasteiger partial charge in [0.2, 0.25) is 0 Å². The Labute approximate surface area is 108 Å². The second-order valence-electron chi connectivity index (χ2n) is 3.28. The highest BCUT2D eigenvalue weighted by Gasteiger charge is 2.23. The van der Waals surface area contributed by atoms with Crippen molar-refractivity contribution in [2.45, 2.75) is 19.8 Å². The summed E-state index contributed by atoms with van der Waals surface area (Å²) in [6.07, 6.45) is -1.98. The maximum Gasteiger partial charge on any atom is 0.312 e. The highest BCUT2D eigenvalue weighted by atomic mass is 35.5. The number of esters is 1. The summed E-state index contributed by atoms with van der Waals surface area (Å²) < 4.78 is 35.2. The molecule has 0 saturated carbocycles. The highest BCUT2D eigenvalue weighted by Crippen LogP contribution is 2.36. The van der Waals surface area contributed by atoms with E-state index in [4.69, 9.17) is 21.1 Å². The molecule has 0 fully saturated rings. The molecule has 100 valence electrons. The van der Waals surface area contributed by atoms with Crippen LogP contribution in [0, 0.1) is 0 Å². The normalized spacial score (nSPS) is 10.6. The molecule has 0 aromatic carbocycles. The van der Waals surface area contributed by atoms with Crippen molar-refractivity contribution in [2.75, 3.05) is 13.7 Å². The number of rotatable bonds is 5. The molecular weight excluding hydrogens is 268 g/mol. The summed E-state index contributed by atoms with van der Waals surface area (Å²) in [5, 5.41) is -0.200. The first-order chi connectivity index (χ1) is 8.51. The van der Waals surface area contributed by atoms with Gasteiger partial charge < -0.3 is 9.47 Å². The van der Waals surface area contributed by atoms with Crippen LogP contribution in [-0.2, 0) is 16.0 Å². The summed E-state index contributed by atoms with van der Waals surface area (Å²) in [7, 11) is 1.22. The Kier molecular flexibility index (Phi) is 5.27. The van der Waals surface area contributed by atoms with Gasteiger partial charge in [-0.3, -0.25) is 9.78 Å². The largest absolute Gasteiger partial charge is 0.494 e. The van der Waals surface area contributed by atoms with E-state index in [1.807, 2.05) is 0 Å². The van der Waals surface area contributed by atoms with Crippen molar-refractivity contribution in [2.24, 2.45) is 0 Å². The number of ether oxygens (including phenoxy) is 2. The van der Waals surface area contributed by atoms with E-state index in [1.165, 1.54) is 7.11 Å². The molecule has 0 unspecified atom stereocenters. The van der Waals surface area contributed by atoms with Crippen LogP contribution < -0.4 is 4.74 Å². The summed E-state index contributed by atoms with van der Waals surface area (Å²) >= 11 is 5.63. The molecule has 0 bridgehead atoms. The third kappa shape index (κ3) is 3.29. The lowest BCUT2D eigenvalue weighted by Gasteiger charge is -2.13. The van der Waals surface area contributed by atoms with E-state index in [2.05, 4.69) is 4.98 Å². The smallest absolute Gasteiger partial charge is 0.312 e. The van der Waals surface area contributed by atoms with E-state index < -0.39 is 18.0 Å². The molecule has 1 aromatic rings. The SMILES string of the molecule is CCOC(=O)Cc1ncc(Cl)c(C(F)F)c1OC. The fourth-order valence-corrected chi connectivity index (χ4v) is 1.65. The molecule has 0 aliphatic rings. The minimum atomic E-state index is -2.81. The molecule has 0 saturated heterocycles. The Morgan fingerprint density at radius 1 is 1.56 bits per heavy atom. The van der Waals surface area contributed by atoms with Crippen molar-refractivity contribution in [3.63, 3.8) is 0 Å². The summed E-state index contributed by atoms with van der Waals surface area (Å²) in [4.78, 5) is 15.1. The Morgan fingerprint density at radius 3 is 2.72 bits per heavy atom. The molecule has 1 aromatic heterocycles. The van der Waals surface area contributed by atoms with Gasteiger partial charge in [-0.1, -0.05) is 11.6 Å². The third-order valence-electron chi connectivity index (χ3n) is 2.14. The van der Waals surface area contributed by atoms with E-state index in [0.29, 0.717) is 0 Å². The van der Waals surface area contributed by atoms with Crippen LogP contribution in [0.1, 0.15) is 24.6 Å². The van der Waals surface area contributed by atoms with Gasteiger partial charge >= 0.3 is 5.97 Å². The van der Waals surface area contributed by atoms with E-state index in [-0.39, 0.29) is 29.5 Å². The van der Waals surface area contributed by atoms with Crippen LogP contribution in [0.15, 0.2) is 6.20 Å². The Bertz CT molecular complexity index is 441. The second-order valence-corrected chi connectivity index (χ2v) is 3.69. The van der Waals surface area contributed by atoms with E-state index in [1.54, 1.807) is 6.92 Å². The lowest BCUT2D eigenvalue weighted by atomic mass is 10.1. The zero-order valence-corrected chi connectivity index (χ0v) is 10.6. The minimum absolute atomic E-state index is 0.0793. The molecule has 0 atom stereocenters. The average Bonchev–Trinajstić information content (AvgIpc) is 2.30. The fraction of sp³-hybridized carbons (Fsp3) is 0.455. The van der Waals surface area contributed by atoms with Gasteiger partial charge in [-0.15, -0.1) is 0 Å². The van der Waals surface area contributed by atoms with E-state index in [0.717, 1.165) is 6.20 Å². The Hall–Kier alpha value is -1.43. The quantitative estimate of drug-likeness (QED) is 0.778. The number of carbonyl (C=O) groups excluding carboxylic acids is 1. The maximum atomic E-state index is 12.8. The molecule has 1 heterocycles.